The SMILES string of the molecule is C/C=C/C=C(/CCCCc1cccc2c(CCC)cccc12)c1ccccc1. The monoisotopic (exact) mass is 368 g/mol. The van der Waals surface area contributed by atoms with Crippen LogP contribution in [0.1, 0.15) is 56.2 Å². The Kier molecular flexibility index (Phi) is 7.67. The summed E-state index contributed by atoms with van der Waals surface area (Å²) in [5.74, 6) is 0. The Labute approximate surface area is 170 Å². The summed E-state index contributed by atoms with van der Waals surface area (Å²) in [4.78, 5) is 0. The van der Waals surface area contributed by atoms with Crippen LogP contribution in [0.2, 0.25) is 0 Å². The van der Waals surface area contributed by atoms with Crippen molar-refractivity contribution in [1.82, 2.24) is 0 Å². The van der Waals surface area contributed by atoms with Crippen LogP contribution >= 0.6 is 0 Å². The van der Waals surface area contributed by atoms with Crippen LogP contribution in [-0.2, 0) is 12.8 Å². The molecule has 0 aliphatic rings. The highest BCUT2D eigenvalue weighted by Gasteiger charge is 2.06. The second-order valence-corrected chi connectivity index (χ2v) is 7.47. The van der Waals surface area contributed by atoms with E-state index < -0.39 is 0 Å². The zero-order chi connectivity index (χ0) is 19.6. The Morgan fingerprint density at radius 2 is 1.43 bits per heavy atom. The first-order valence-electron chi connectivity index (χ1n) is 10.7. The minimum absolute atomic E-state index is 1.13. The molecule has 0 atom stereocenters. The van der Waals surface area contributed by atoms with Crippen LogP contribution in [0.5, 0.6) is 0 Å². The van der Waals surface area contributed by atoms with Crippen molar-refractivity contribution in [3.63, 3.8) is 0 Å². The maximum atomic E-state index is 2.31. The Hall–Kier alpha value is -2.60. The number of rotatable bonds is 9. The van der Waals surface area contributed by atoms with Gasteiger partial charge in [-0.1, -0.05) is 98.3 Å². The summed E-state index contributed by atoms with van der Waals surface area (Å²) in [6.45, 7) is 4.33. The van der Waals surface area contributed by atoms with Crippen molar-refractivity contribution in [2.24, 2.45) is 0 Å². The van der Waals surface area contributed by atoms with Gasteiger partial charge in [0.15, 0.2) is 0 Å². The minimum Gasteiger partial charge on any atom is -0.0877 e. The van der Waals surface area contributed by atoms with Crippen molar-refractivity contribution in [2.45, 2.75) is 52.4 Å². The fraction of sp³-hybridized carbons (Fsp3) is 0.286. The van der Waals surface area contributed by atoms with Crippen LogP contribution in [-0.4, -0.2) is 0 Å². The highest BCUT2D eigenvalue weighted by molar-refractivity contribution is 5.88. The molecule has 0 radical (unpaired) electrons. The second-order valence-electron chi connectivity index (χ2n) is 7.47. The first kappa shape index (κ1) is 20.1. The molecule has 0 heterocycles. The molecule has 0 amide bonds. The molecule has 0 heteroatoms. The Bertz CT molecular complexity index is 929. The molecule has 0 bridgehead atoms. The first-order valence-corrected chi connectivity index (χ1v) is 10.7. The van der Waals surface area contributed by atoms with Gasteiger partial charge in [-0.2, -0.15) is 0 Å². The summed E-state index contributed by atoms with van der Waals surface area (Å²) in [5, 5.41) is 2.89. The number of hydrogen-bond acceptors (Lipinski definition) is 0. The molecule has 3 aromatic rings. The van der Waals surface area contributed by atoms with Crippen LogP contribution in [0.3, 0.4) is 0 Å². The average Bonchev–Trinajstić information content (AvgIpc) is 2.74. The molecule has 0 aliphatic carbocycles. The van der Waals surface area contributed by atoms with Gasteiger partial charge in [0.2, 0.25) is 0 Å². The van der Waals surface area contributed by atoms with E-state index in [0.29, 0.717) is 0 Å². The van der Waals surface area contributed by atoms with Crippen molar-refractivity contribution >= 4 is 16.3 Å². The van der Waals surface area contributed by atoms with E-state index in [1.165, 1.54) is 52.3 Å². The molecule has 0 aliphatic heterocycles. The lowest BCUT2D eigenvalue weighted by atomic mass is 9.94. The van der Waals surface area contributed by atoms with Gasteiger partial charge in [-0.3, -0.25) is 0 Å². The predicted octanol–water partition coefficient (Wildman–Crippen LogP) is 8.16. The zero-order valence-corrected chi connectivity index (χ0v) is 17.3. The second kappa shape index (κ2) is 10.7. The van der Waals surface area contributed by atoms with E-state index in [4.69, 9.17) is 0 Å². The maximum absolute atomic E-state index is 2.31. The largest absolute Gasteiger partial charge is 0.0877 e. The Morgan fingerprint density at radius 3 is 2.07 bits per heavy atom. The third-order valence-electron chi connectivity index (χ3n) is 5.40. The predicted molar refractivity (Wildman–Crippen MR) is 125 cm³/mol. The van der Waals surface area contributed by atoms with Crippen molar-refractivity contribution < 1.29 is 0 Å². The van der Waals surface area contributed by atoms with Gasteiger partial charge in [-0.15, -0.1) is 0 Å². The van der Waals surface area contributed by atoms with Crippen molar-refractivity contribution in [3.05, 3.63) is 102 Å². The molecular weight excluding hydrogens is 336 g/mol. The fourth-order valence-corrected chi connectivity index (χ4v) is 3.96. The summed E-state index contributed by atoms with van der Waals surface area (Å²) in [6, 6.07) is 24.4. The Balaban J connectivity index is 1.67. The molecule has 0 saturated carbocycles. The highest BCUT2D eigenvalue weighted by atomic mass is 14.1. The number of benzene rings is 3. The van der Waals surface area contributed by atoms with Gasteiger partial charge in [-0.05, 0) is 72.1 Å². The van der Waals surface area contributed by atoms with Crippen LogP contribution in [0.25, 0.3) is 16.3 Å². The van der Waals surface area contributed by atoms with Crippen molar-refractivity contribution in [2.75, 3.05) is 0 Å². The molecule has 0 nitrogen and oxygen atoms in total. The van der Waals surface area contributed by atoms with E-state index in [0.717, 1.165) is 19.3 Å². The lowest BCUT2D eigenvalue weighted by molar-refractivity contribution is 0.757. The highest BCUT2D eigenvalue weighted by Crippen LogP contribution is 2.26. The lowest BCUT2D eigenvalue weighted by Gasteiger charge is -2.11. The number of fused-ring (bicyclic) bond motifs is 1. The van der Waals surface area contributed by atoms with Crippen LogP contribution in [0.15, 0.2) is 85.0 Å². The lowest BCUT2D eigenvalue weighted by Crippen LogP contribution is -1.92. The number of allylic oxidation sites excluding steroid dienone is 4. The van der Waals surface area contributed by atoms with E-state index in [1.807, 2.05) is 0 Å². The van der Waals surface area contributed by atoms with Gasteiger partial charge in [0.1, 0.15) is 0 Å². The van der Waals surface area contributed by atoms with Crippen molar-refractivity contribution in [1.29, 1.82) is 0 Å². The molecule has 3 rings (SSSR count). The van der Waals surface area contributed by atoms with Crippen LogP contribution < -0.4 is 0 Å². The zero-order valence-electron chi connectivity index (χ0n) is 17.3. The normalized spacial score (nSPS) is 12.1. The molecule has 0 unspecified atom stereocenters. The standard InChI is InChI=1S/C28H32/c1-3-5-14-23(24-15-7-6-8-16-24)17-9-10-18-26-20-12-21-27-25(13-4-2)19-11-22-28(26)27/h3,5-8,11-12,14-16,19-22H,4,9-10,13,17-18H2,1-2H3/b5-3+,23-14-. The first-order chi connectivity index (χ1) is 13.8. The molecule has 28 heavy (non-hydrogen) atoms. The van der Waals surface area contributed by atoms with Gasteiger partial charge in [0.05, 0.1) is 0 Å². The van der Waals surface area contributed by atoms with Crippen molar-refractivity contribution in [3.8, 4) is 0 Å². The van der Waals surface area contributed by atoms with Gasteiger partial charge in [0, 0.05) is 0 Å². The van der Waals surface area contributed by atoms with Gasteiger partial charge < -0.3 is 0 Å². The summed E-state index contributed by atoms with van der Waals surface area (Å²) in [7, 11) is 0. The number of unbranched alkanes of at least 4 members (excludes halogenated alkanes) is 1. The van der Waals surface area contributed by atoms with Crippen LogP contribution in [0.4, 0.5) is 0 Å². The molecule has 0 N–H and O–H groups in total. The molecule has 0 aromatic heterocycles. The van der Waals surface area contributed by atoms with E-state index in [2.05, 4.69) is 98.8 Å². The van der Waals surface area contributed by atoms with Gasteiger partial charge in [0.25, 0.3) is 0 Å². The molecule has 144 valence electrons. The summed E-state index contributed by atoms with van der Waals surface area (Å²) in [6.07, 6.45) is 13.6. The van der Waals surface area contributed by atoms with Crippen LogP contribution in [0, 0.1) is 0 Å². The number of hydrogen-bond donors (Lipinski definition) is 0. The summed E-state index contributed by atoms with van der Waals surface area (Å²) < 4.78 is 0. The molecular formula is C28H32. The van der Waals surface area contributed by atoms with E-state index in [-0.39, 0.29) is 0 Å². The minimum atomic E-state index is 1.13. The third kappa shape index (κ3) is 5.23. The Morgan fingerprint density at radius 1 is 0.750 bits per heavy atom. The molecule has 3 aromatic carbocycles. The topological polar surface area (TPSA) is 0 Å². The molecule has 0 spiro atoms. The van der Waals surface area contributed by atoms with E-state index >= 15 is 0 Å². The molecule has 0 fully saturated rings. The van der Waals surface area contributed by atoms with Gasteiger partial charge in [-0.25, -0.2) is 0 Å². The maximum Gasteiger partial charge on any atom is -0.0149 e. The van der Waals surface area contributed by atoms with E-state index in [9.17, 15) is 0 Å². The summed E-state index contributed by atoms with van der Waals surface area (Å²) in [5.41, 5.74) is 5.76. The molecule has 0 saturated heterocycles. The van der Waals surface area contributed by atoms with E-state index in [1.54, 1.807) is 0 Å². The smallest absolute Gasteiger partial charge is 0.0149 e. The quantitative estimate of drug-likeness (QED) is 0.264. The van der Waals surface area contributed by atoms with Gasteiger partial charge >= 0.3 is 0 Å². The fourth-order valence-electron chi connectivity index (χ4n) is 3.96. The average molecular weight is 369 g/mol. The summed E-state index contributed by atoms with van der Waals surface area (Å²) >= 11 is 0. The third-order valence-corrected chi connectivity index (χ3v) is 5.40. The number of aryl methyl sites for hydroxylation is 2.